The Morgan fingerprint density at radius 2 is 2.44 bits per heavy atom. The molecule has 0 radical (unpaired) electrons. The lowest BCUT2D eigenvalue weighted by Crippen LogP contribution is -2.24. The van der Waals surface area contributed by atoms with Gasteiger partial charge in [-0.15, -0.1) is 0 Å². The number of carbonyl (C=O) groups is 1. The summed E-state index contributed by atoms with van der Waals surface area (Å²) in [7, 11) is 2.02. The minimum atomic E-state index is -0.679. The van der Waals surface area contributed by atoms with Crippen molar-refractivity contribution in [3.63, 3.8) is 0 Å². The molecule has 1 N–H and O–H groups in total. The van der Waals surface area contributed by atoms with E-state index in [1.165, 1.54) is 0 Å². The molecule has 1 aromatic rings. The number of hydrogen-bond acceptors (Lipinski definition) is 3. The van der Waals surface area contributed by atoms with E-state index in [1.807, 2.05) is 19.4 Å². The van der Waals surface area contributed by atoms with Gasteiger partial charge in [-0.1, -0.05) is 0 Å². The van der Waals surface area contributed by atoms with E-state index in [9.17, 15) is 4.79 Å². The molecule has 18 heavy (non-hydrogen) atoms. The van der Waals surface area contributed by atoms with E-state index in [2.05, 4.69) is 14.5 Å². The van der Waals surface area contributed by atoms with Crippen molar-refractivity contribution in [3.05, 3.63) is 18.2 Å². The lowest BCUT2D eigenvalue weighted by molar-refractivity contribution is -0.137. The summed E-state index contributed by atoms with van der Waals surface area (Å²) in [5.74, 6) is 0.993. The average molecular weight is 251 g/mol. The van der Waals surface area contributed by atoms with Crippen molar-refractivity contribution in [2.75, 3.05) is 19.6 Å². The van der Waals surface area contributed by atoms with E-state index in [-0.39, 0.29) is 0 Å². The van der Waals surface area contributed by atoms with Gasteiger partial charge in [-0.2, -0.15) is 0 Å². The highest BCUT2D eigenvalue weighted by atomic mass is 16.4. The molecule has 0 saturated carbocycles. The van der Waals surface area contributed by atoms with Crippen LogP contribution in [-0.4, -0.2) is 45.2 Å². The van der Waals surface area contributed by atoms with Crippen LogP contribution < -0.4 is 0 Å². The Morgan fingerprint density at radius 3 is 3.11 bits per heavy atom. The number of aliphatic carboxylic acids is 1. The molecule has 5 heteroatoms. The molecule has 1 aromatic heterocycles. The highest BCUT2D eigenvalue weighted by molar-refractivity contribution is 5.66. The molecule has 0 spiro atoms. The molecular formula is C13H21N3O2. The van der Waals surface area contributed by atoms with E-state index in [1.54, 1.807) is 0 Å². The van der Waals surface area contributed by atoms with E-state index in [0.717, 1.165) is 44.7 Å². The summed E-state index contributed by atoms with van der Waals surface area (Å²) in [5, 5.41) is 8.67. The molecule has 1 aliphatic rings. The SMILES string of the molecule is Cn1ccnc1CCN1CCC(CCC(=O)O)C1. The summed E-state index contributed by atoms with van der Waals surface area (Å²) in [5.41, 5.74) is 0. The monoisotopic (exact) mass is 251 g/mol. The first-order valence-corrected chi connectivity index (χ1v) is 6.55. The van der Waals surface area contributed by atoms with Crippen LogP contribution in [0, 0.1) is 5.92 Å². The third-order valence-electron chi connectivity index (χ3n) is 3.71. The van der Waals surface area contributed by atoms with E-state index in [0.29, 0.717) is 12.3 Å². The van der Waals surface area contributed by atoms with Gasteiger partial charge in [0.25, 0.3) is 0 Å². The van der Waals surface area contributed by atoms with Crippen LogP contribution in [0.3, 0.4) is 0 Å². The quantitative estimate of drug-likeness (QED) is 0.824. The van der Waals surface area contributed by atoms with Gasteiger partial charge in [0, 0.05) is 45.4 Å². The minimum absolute atomic E-state index is 0.303. The van der Waals surface area contributed by atoms with Crippen molar-refractivity contribution >= 4 is 5.97 Å². The topological polar surface area (TPSA) is 58.4 Å². The van der Waals surface area contributed by atoms with Crippen molar-refractivity contribution in [1.82, 2.24) is 14.5 Å². The lowest BCUT2D eigenvalue weighted by Gasteiger charge is -2.15. The highest BCUT2D eigenvalue weighted by Gasteiger charge is 2.22. The van der Waals surface area contributed by atoms with Gasteiger partial charge >= 0.3 is 5.97 Å². The van der Waals surface area contributed by atoms with Gasteiger partial charge in [-0.25, -0.2) is 4.98 Å². The van der Waals surface area contributed by atoms with Gasteiger partial charge in [0.05, 0.1) is 0 Å². The van der Waals surface area contributed by atoms with Crippen molar-refractivity contribution in [3.8, 4) is 0 Å². The van der Waals surface area contributed by atoms with Crippen molar-refractivity contribution in [2.24, 2.45) is 13.0 Å². The van der Waals surface area contributed by atoms with E-state index in [4.69, 9.17) is 5.11 Å². The molecule has 2 heterocycles. The summed E-state index contributed by atoms with van der Waals surface area (Å²) in [4.78, 5) is 17.3. The molecule has 0 amide bonds. The zero-order chi connectivity index (χ0) is 13.0. The first kappa shape index (κ1) is 13.1. The summed E-state index contributed by atoms with van der Waals surface area (Å²) in [6.45, 7) is 3.15. The van der Waals surface area contributed by atoms with E-state index >= 15 is 0 Å². The molecule has 0 aromatic carbocycles. The Morgan fingerprint density at radius 1 is 1.61 bits per heavy atom. The molecule has 2 rings (SSSR count). The zero-order valence-corrected chi connectivity index (χ0v) is 10.9. The maximum Gasteiger partial charge on any atom is 0.303 e. The molecule has 100 valence electrons. The second kappa shape index (κ2) is 6.00. The Hall–Kier alpha value is -1.36. The number of carboxylic acid groups (broad SMARTS) is 1. The number of hydrogen-bond donors (Lipinski definition) is 1. The van der Waals surface area contributed by atoms with Crippen LogP contribution in [0.2, 0.25) is 0 Å². The lowest BCUT2D eigenvalue weighted by atomic mass is 10.0. The Kier molecular flexibility index (Phi) is 4.36. The van der Waals surface area contributed by atoms with Crippen LogP contribution in [-0.2, 0) is 18.3 Å². The number of likely N-dealkylation sites (tertiary alicyclic amines) is 1. The Bertz CT molecular complexity index is 403. The summed E-state index contributed by atoms with van der Waals surface area (Å²) < 4.78 is 2.05. The van der Waals surface area contributed by atoms with E-state index < -0.39 is 5.97 Å². The molecule has 1 atom stereocenters. The third-order valence-corrected chi connectivity index (χ3v) is 3.71. The van der Waals surface area contributed by atoms with Crippen molar-refractivity contribution < 1.29 is 9.90 Å². The molecule has 1 saturated heterocycles. The second-order valence-corrected chi connectivity index (χ2v) is 5.09. The van der Waals surface area contributed by atoms with Gasteiger partial charge < -0.3 is 14.6 Å². The Labute approximate surface area is 107 Å². The van der Waals surface area contributed by atoms with Crippen molar-refractivity contribution in [1.29, 1.82) is 0 Å². The molecule has 5 nitrogen and oxygen atoms in total. The van der Waals surface area contributed by atoms with Gasteiger partial charge in [-0.3, -0.25) is 4.79 Å². The molecule has 1 aliphatic heterocycles. The molecular weight excluding hydrogens is 230 g/mol. The smallest absolute Gasteiger partial charge is 0.303 e. The molecule has 0 bridgehead atoms. The number of nitrogens with zero attached hydrogens (tertiary/aromatic N) is 3. The third kappa shape index (κ3) is 3.57. The van der Waals surface area contributed by atoms with Crippen LogP contribution in [0.1, 0.15) is 25.1 Å². The summed E-state index contributed by atoms with van der Waals surface area (Å²) >= 11 is 0. The minimum Gasteiger partial charge on any atom is -0.481 e. The fourth-order valence-electron chi connectivity index (χ4n) is 2.57. The largest absolute Gasteiger partial charge is 0.481 e. The second-order valence-electron chi connectivity index (χ2n) is 5.09. The normalized spacial score (nSPS) is 20.4. The van der Waals surface area contributed by atoms with Gasteiger partial charge in [0.1, 0.15) is 5.82 Å². The fourth-order valence-corrected chi connectivity index (χ4v) is 2.57. The first-order chi connectivity index (χ1) is 8.65. The number of imidazole rings is 1. The average Bonchev–Trinajstić information content (AvgIpc) is 2.93. The van der Waals surface area contributed by atoms with Gasteiger partial charge in [0.15, 0.2) is 0 Å². The number of rotatable bonds is 6. The Balaban J connectivity index is 1.70. The summed E-state index contributed by atoms with van der Waals surface area (Å²) in [6.07, 6.45) is 7.01. The zero-order valence-electron chi connectivity index (χ0n) is 10.9. The van der Waals surface area contributed by atoms with Crippen LogP contribution in [0.15, 0.2) is 12.4 Å². The molecule has 0 aliphatic carbocycles. The fraction of sp³-hybridized carbons (Fsp3) is 0.692. The van der Waals surface area contributed by atoms with Crippen LogP contribution >= 0.6 is 0 Å². The molecule has 1 fully saturated rings. The predicted molar refractivity (Wildman–Crippen MR) is 68.3 cm³/mol. The number of aromatic nitrogens is 2. The van der Waals surface area contributed by atoms with Crippen LogP contribution in [0.4, 0.5) is 0 Å². The summed E-state index contributed by atoms with van der Waals surface area (Å²) in [6, 6.07) is 0. The van der Waals surface area contributed by atoms with Gasteiger partial charge in [-0.05, 0) is 25.3 Å². The van der Waals surface area contributed by atoms with Crippen LogP contribution in [0.5, 0.6) is 0 Å². The number of carboxylic acids is 1. The van der Waals surface area contributed by atoms with Crippen molar-refractivity contribution in [2.45, 2.75) is 25.7 Å². The highest BCUT2D eigenvalue weighted by Crippen LogP contribution is 2.20. The predicted octanol–water partition coefficient (Wildman–Crippen LogP) is 1.15. The molecule has 1 unspecified atom stereocenters. The number of aryl methyl sites for hydroxylation is 1. The standard InChI is InChI=1S/C13H21N3O2/c1-15-9-6-14-12(15)5-8-16-7-4-11(10-16)2-3-13(17)18/h6,9,11H,2-5,7-8,10H2,1H3,(H,17,18). The van der Waals surface area contributed by atoms with Gasteiger partial charge in [0.2, 0.25) is 0 Å². The first-order valence-electron chi connectivity index (χ1n) is 6.55. The van der Waals surface area contributed by atoms with Crippen LogP contribution in [0.25, 0.3) is 0 Å². The maximum atomic E-state index is 10.5. The maximum absolute atomic E-state index is 10.5.